The van der Waals surface area contributed by atoms with Crippen LogP contribution in [0.3, 0.4) is 0 Å². The minimum Gasteiger partial charge on any atom is -0.496 e. The molecule has 1 aromatic heterocycles. The molecule has 0 atom stereocenters. The molecule has 4 heteroatoms. The first-order valence-corrected chi connectivity index (χ1v) is 7.62. The molecule has 3 aromatic rings. The molecule has 0 saturated heterocycles. The second-order valence-electron chi connectivity index (χ2n) is 5.64. The number of nitrogens with one attached hydrogen (secondary N) is 2. The van der Waals surface area contributed by atoms with E-state index in [0.29, 0.717) is 13.0 Å². The van der Waals surface area contributed by atoms with Crippen LogP contribution in [0.25, 0.3) is 10.9 Å². The van der Waals surface area contributed by atoms with Gasteiger partial charge in [-0.15, -0.1) is 0 Å². The van der Waals surface area contributed by atoms with Crippen molar-refractivity contribution in [2.24, 2.45) is 0 Å². The van der Waals surface area contributed by atoms with Gasteiger partial charge in [0.25, 0.3) is 0 Å². The maximum absolute atomic E-state index is 12.1. The fourth-order valence-corrected chi connectivity index (χ4v) is 2.72. The van der Waals surface area contributed by atoms with Crippen molar-refractivity contribution >= 4 is 16.8 Å². The van der Waals surface area contributed by atoms with Gasteiger partial charge in [-0.3, -0.25) is 4.79 Å². The van der Waals surface area contributed by atoms with Gasteiger partial charge in [-0.25, -0.2) is 0 Å². The van der Waals surface area contributed by atoms with E-state index < -0.39 is 0 Å². The Morgan fingerprint density at radius 1 is 1.17 bits per heavy atom. The number of rotatable bonds is 5. The van der Waals surface area contributed by atoms with Gasteiger partial charge in [0, 0.05) is 23.3 Å². The highest BCUT2D eigenvalue weighted by atomic mass is 16.5. The molecular weight excluding hydrogens is 288 g/mol. The average Bonchev–Trinajstić information content (AvgIpc) is 2.92. The summed E-state index contributed by atoms with van der Waals surface area (Å²) < 4.78 is 5.28. The van der Waals surface area contributed by atoms with Gasteiger partial charge in [0.15, 0.2) is 0 Å². The Morgan fingerprint density at radius 3 is 2.83 bits per heavy atom. The van der Waals surface area contributed by atoms with Crippen molar-refractivity contribution in [3.8, 4) is 5.75 Å². The summed E-state index contributed by atoms with van der Waals surface area (Å²) in [6.45, 7) is 2.56. The van der Waals surface area contributed by atoms with E-state index in [1.54, 1.807) is 7.11 Å². The molecule has 0 spiro atoms. The fraction of sp³-hybridized carbons (Fsp3) is 0.211. The number of carbonyl (C=O) groups is 1. The first-order chi connectivity index (χ1) is 11.2. The number of benzene rings is 2. The lowest BCUT2D eigenvalue weighted by molar-refractivity contribution is -0.120. The van der Waals surface area contributed by atoms with Gasteiger partial charge in [0.2, 0.25) is 5.91 Å². The lowest BCUT2D eigenvalue weighted by Crippen LogP contribution is -2.24. The highest BCUT2D eigenvalue weighted by molar-refractivity contribution is 5.82. The second kappa shape index (κ2) is 6.57. The third-order valence-corrected chi connectivity index (χ3v) is 3.85. The Morgan fingerprint density at radius 2 is 2.00 bits per heavy atom. The van der Waals surface area contributed by atoms with E-state index >= 15 is 0 Å². The zero-order valence-electron chi connectivity index (χ0n) is 13.3. The van der Waals surface area contributed by atoms with Crippen LogP contribution in [0.5, 0.6) is 5.75 Å². The summed E-state index contributed by atoms with van der Waals surface area (Å²) in [6.07, 6.45) is 0.315. The summed E-state index contributed by atoms with van der Waals surface area (Å²) in [5.41, 5.74) is 4.23. The summed E-state index contributed by atoms with van der Waals surface area (Å²) in [6, 6.07) is 15.9. The van der Waals surface area contributed by atoms with Crippen molar-refractivity contribution in [3.63, 3.8) is 0 Å². The topological polar surface area (TPSA) is 54.1 Å². The maximum Gasteiger partial charge on any atom is 0.224 e. The molecule has 0 radical (unpaired) electrons. The minimum absolute atomic E-state index is 0.0140. The molecule has 1 amide bonds. The Labute approximate surface area is 135 Å². The summed E-state index contributed by atoms with van der Waals surface area (Å²) >= 11 is 0. The van der Waals surface area contributed by atoms with Crippen molar-refractivity contribution in [3.05, 3.63) is 65.4 Å². The van der Waals surface area contributed by atoms with E-state index in [2.05, 4.69) is 22.4 Å². The van der Waals surface area contributed by atoms with Gasteiger partial charge >= 0.3 is 0 Å². The first kappa shape index (κ1) is 15.2. The van der Waals surface area contributed by atoms with Gasteiger partial charge in [0.1, 0.15) is 5.75 Å². The van der Waals surface area contributed by atoms with Gasteiger partial charge in [-0.05, 0) is 42.1 Å². The van der Waals surface area contributed by atoms with Gasteiger partial charge < -0.3 is 15.0 Å². The van der Waals surface area contributed by atoms with Crippen LogP contribution in [0.4, 0.5) is 0 Å². The number of aryl methyl sites for hydroxylation is 1. The summed E-state index contributed by atoms with van der Waals surface area (Å²) in [7, 11) is 1.62. The molecule has 3 rings (SSSR count). The van der Waals surface area contributed by atoms with Crippen LogP contribution in [0.1, 0.15) is 16.8 Å². The lowest BCUT2D eigenvalue weighted by Gasteiger charge is -2.09. The van der Waals surface area contributed by atoms with Crippen LogP contribution >= 0.6 is 0 Å². The van der Waals surface area contributed by atoms with Gasteiger partial charge in [-0.1, -0.05) is 24.3 Å². The van der Waals surface area contributed by atoms with Crippen LogP contribution in [-0.4, -0.2) is 18.0 Å². The Kier molecular flexibility index (Phi) is 4.33. The second-order valence-corrected chi connectivity index (χ2v) is 5.64. The van der Waals surface area contributed by atoms with Gasteiger partial charge in [0.05, 0.1) is 13.5 Å². The number of H-pyrrole nitrogens is 1. The molecule has 1 heterocycles. The van der Waals surface area contributed by atoms with E-state index in [1.807, 2.05) is 43.3 Å². The summed E-state index contributed by atoms with van der Waals surface area (Å²) in [5, 5.41) is 4.13. The number of aromatic nitrogens is 1. The lowest BCUT2D eigenvalue weighted by atomic mass is 10.1. The zero-order chi connectivity index (χ0) is 16.2. The van der Waals surface area contributed by atoms with Crippen molar-refractivity contribution in [1.29, 1.82) is 0 Å². The number of hydrogen-bond acceptors (Lipinski definition) is 2. The van der Waals surface area contributed by atoms with Crippen molar-refractivity contribution < 1.29 is 9.53 Å². The third kappa shape index (κ3) is 3.54. The molecule has 0 fully saturated rings. The van der Waals surface area contributed by atoms with Crippen molar-refractivity contribution in [2.75, 3.05) is 7.11 Å². The fourth-order valence-electron chi connectivity index (χ4n) is 2.72. The SMILES string of the molecule is COc1ccccc1CC(=O)NCc1ccc2[nH]c(C)cc2c1. The number of aromatic amines is 1. The maximum atomic E-state index is 12.1. The minimum atomic E-state index is -0.0140. The molecule has 0 saturated carbocycles. The van der Waals surface area contributed by atoms with Crippen LogP contribution in [0.2, 0.25) is 0 Å². The predicted octanol–water partition coefficient (Wildman–Crippen LogP) is 3.34. The molecule has 23 heavy (non-hydrogen) atoms. The molecule has 2 aromatic carbocycles. The Hall–Kier alpha value is -2.75. The number of methoxy groups -OCH3 is 1. The number of carbonyl (C=O) groups excluding carboxylic acids is 1. The summed E-state index contributed by atoms with van der Waals surface area (Å²) in [4.78, 5) is 15.4. The molecule has 118 valence electrons. The predicted molar refractivity (Wildman–Crippen MR) is 91.6 cm³/mol. The van der Waals surface area contributed by atoms with Crippen LogP contribution in [-0.2, 0) is 17.8 Å². The highest BCUT2D eigenvalue weighted by Crippen LogP contribution is 2.18. The van der Waals surface area contributed by atoms with Crippen molar-refractivity contribution in [1.82, 2.24) is 10.3 Å². The number of fused-ring (bicyclic) bond motifs is 1. The molecular formula is C19H20N2O2. The van der Waals surface area contributed by atoms with Gasteiger partial charge in [-0.2, -0.15) is 0 Å². The Balaban J connectivity index is 1.63. The molecule has 0 unspecified atom stereocenters. The monoisotopic (exact) mass is 308 g/mol. The Bertz CT molecular complexity index is 836. The average molecular weight is 308 g/mol. The van der Waals surface area contributed by atoms with Crippen LogP contribution < -0.4 is 10.1 Å². The molecule has 0 bridgehead atoms. The molecule has 0 aliphatic rings. The summed E-state index contributed by atoms with van der Waals surface area (Å²) in [5.74, 6) is 0.728. The molecule has 4 nitrogen and oxygen atoms in total. The quantitative estimate of drug-likeness (QED) is 0.759. The smallest absolute Gasteiger partial charge is 0.224 e. The van der Waals surface area contributed by atoms with E-state index in [1.165, 1.54) is 5.39 Å². The molecule has 0 aliphatic heterocycles. The molecule has 2 N–H and O–H groups in total. The van der Waals surface area contributed by atoms with Crippen molar-refractivity contribution in [2.45, 2.75) is 19.9 Å². The number of hydrogen-bond donors (Lipinski definition) is 2. The largest absolute Gasteiger partial charge is 0.496 e. The standard InChI is InChI=1S/C19H20N2O2/c1-13-9-16-10-14(7-8-17(16)21-13)12-20-19(22)11-15-5-3-4-6-18(15)23-2/h3-10,21H,11-12H2,1-2H3,(H,20,22). The van der Waals surface area contributed by atoms with E-state index in [-0.39, 0.29) is 5.91 Å². The number of amides is 1. The zero-order valence-corrected chi connectivity index (χ0v) is 13.3. The first-order valence-electron chi connectivity index (χ1n) is 7.62. The number of ether oxygens (including phenoxy) is 1. The molecule has 0 aliphatic carbocycles. The van der Waals surface area contributed by atoms with E-state index in [4.69, 9.17) is 4.74 Å². The third-order valence-electron chi connectivity index (χ3n) is 3.85. The highest BCUT2D eigenvalue weighted by Gasteiger charge is 2.08. The van der Waals surface area contributed by atoms with E-state index in [9.17, 15) is 4.79 Å². The van der Waals surface area contributed by atoms with E-state index in [0.717, 1.165) is 28.1 Å². The number of para-hydroxylation sites is 1. The van der Waals surface area contributed by atoms with Crippen LogP contribution in [0.15, 0.2) is 48.5 Å². The normalized spacial score (nSPS) is 10.7. The van der Waals surface area contributed by atoms with Crippen LogP contribution in [0, 0.1) is 6.92 Å².